The Hall–Kier alpha value is -1.10. The molecular weight excluding hydrogens is 244 g/mol. The summed E-state index contributed by atoms with van der Waals surface area (Å²) in [6.07, 6.45) is 4.08. The lowest BCUT2D eigenvalue weighted by molar-refractivity contribution is -0.152. The number of aliphatic carboxylic acids is 1. The van der Waals surface area contributed by atoms with Crippen molar-refractivity contribution in [1.29, 1.82) is 0 Å². The SMILES string of the molecule is CC(C)(NC(=O)C1CCCCCN1)C(C)(C)C(=O)O. The summed E-state index contributed by atoms with van der Waals surface area (Å²) in [7, 11) is 0. The molecule has 1 fully saturated rings. The fourth-order valence-electron chi connectivity index (χ4n) is 2.07. The van der Waals surface area contributed by atoms with Gasteiger partial charge in [0.2, 0.25) is 5.91 Å². The average molecular weight is 270 g/mol. The van der Waals surface area contributed by atoms with Gasteiger partial charge in [-0.3, -0.25) is 9.59 Å². The minimum absolute atomic E-state index is 0.0961. The van der Waals surface area contributed by atoms with Gasteiger partial charge in [0.05, 0.1) is 17.0 Å². The monoisotopic (exact) mass is 270 g/mol. The van der Waals surface area contributed by atoms with Crippen molar-refractivity contribution in [3.05, 3.63) is 0 Å². The number of amides is 1. The predicted octanol–water partition coefficient (Wildman–Crippen LogP) is 1.52. The van der Waals surface area contributed by atoms with Gasteiger partial charge in [-0.05, 0) is 47.1 Å². The Bertz CT molecular complexity index is 343. The Kier molecular flexibility index (Phi) is 4.96. The second-order valence-electron chi connectivity index (χ2n) is 6.40. The van der Waals surface area contributed by atoms with Crippen LogP contribution in [0.4, 0.5) is 0 Å². The molecule has 0 bridgehead atoms. The number of rotatable bonds is 4. The number of nitrogens with one attached hydrogen (secondary N) is 2. The van der Waals surface area contributed by atoms with Crippen LogP contribution in [0.3, 0.4) is 0 Å². The molecule has 0 saturated carbocycles. The summed E-state index contributed by atoms with van der Waals surface area (Å²) in [6, 6.07) is -0.202. The summed E-state index contributed by atoms with van der Waals surface area (Å²) in [6.45, 7) is 7.64. The summed E-state index contributed by atoms with van der Waals surface area (Å²) in [4.78, 5) is 23.6. The van der Waals surface area contributed by atoms with Crippen LogP contribution < -0.4 is 10.6 Å². The van der Waals surface area contributed by atoms with E-state index in [1.165, 1.54) is 0 Å². The normalized spacial score (nSPS) is 21.6. The van der Waals surface area contributed by atoms with Gasteiger partial charge in [-0.15, -0.1) is 0 Å². The zero-order valence-corrected chi connectivity index (χ0v) is 12.4. The van der Waals surface area contributed by atoms with Crippen molar-refractivity contribution < 1.29 is 14.7 Å². The Morgan fingerprint density at radius 1 is 1.16 bits per heavy atom. The Labute approximate surface area is 115 Å². The van der Waals surface area contributed by atoms with E-state index in [4.69, 9.17) is 0 Å². The zero-order valence-electron chi connectivity index (χ0n) is 12.4. The highest BCUT2D eigenvalue weighted by Gasteiger charge is 2.45. The van der Waals surface area contributed by atoms with Gasteiger partial charge in [0, 0.05) is 0 Å². The van der Waals surface area contributed by atoms with Crippen LogP contribution in [-0.4, -0.2) is 35.1 Å². The van der Waals surface area contributed by atoms with E-state index in [-0.39, 0.29) is 11.9 Å². The first-order valence-electron chi connectivity index (χ1n) is 6.97. The first-order chi connectivity index (χ1) is 8.68. The smallest absolute Gasteiger partial charge is 0.311 e. The Balaban J connectivity index is 2.71. The van der Waals surface area contributed by atoms with Crippen molar-refractivity contribution in [3.63, 3.8) is 0 Å². The Morgan fingerprint density at radius 3 is 2.37 bits per heavy atom. The molecule has 1 saturated heterocycles. The third-order valence-electron chi connectivity index (χ3n) is 4.41. The fourth-order valence-corrected chi connectivity index (χ4v) is 2.07. The van der Waals surface area contributed by atoms with Crippen LogP contribution in [0.1, 0.15) is 53.4 Å². The third-order valence-corrected chi connectivity index (χ3v) is 4.41. The molecule has 0 aromatic heterocycles. The topological polar surface area (TPSA) is 78.4 Å². The Morgan fingerprint density at radius 2 is 1.79 bits per heavy atom. The van der Waals surface area contributed by atoms with E-state index in [2.05, 4.69) is 10.6 Å². The fraction of sp³-hybridized carbons (Fsp3) is 0.857. The number of carboxylic acids is 1. The molecule has 1 aliphatic rings. The van der Waals surface area contributed by atoms with Gasteiger partial charge in [-0.2, -0.15) is 0 Å². The maximum Gasteiger partial charge on any atom is 0.311 e. The second kappa shape index (κ2) is 5.90. The third kappa shape index (κ3) is 3.69. The molecular formula is C14H26N2O3. The first-order valence-corrected chi connectivity index (χ1v) is 6.97. The summed E-state index contributed by atoms with van der Waals surface area (Å²) in [5.41, 5.74) is -1.82. The van der Waals surface area contributed by atoms with Crippen LogP contribution in [0.15, 0.2) is 0 Å². The molecule has 1 unspecified atom stereocenters. The molecule has 0 aliphatic carbocycles. The molecule has 0 spiro atoms. The van der Waals surface area contributed by atoms with Crippen LogP contribution in [0.5, 0.6) is 0 Å². The largest absolute Gasteiger partial charge is 0.481 e. The van der Waals surface area contributed by atoms with Gasteiger partial charge in [0.15, 0.2) is 0 Å². The molecule has 19 heavy (non-hydrogen) atoms. The summed E-state index contributed by atoms with van der Waals surface area (Å²) < 4.78 is 0. The van der Waals surface area contributed by atoms with Gasteiger partial charge < -0.3 is 15.7 Å². The van der Waals surface area contributed by atoms with Crippen LogP contribution in [0.25, 0.3) is 0 Å². The van der Waals surface area contributed by atoms with E-state index in [9.17, 15) is 14.7 Å². The second-order valence-corrected chi connectivity index (χ2v) is 6.40. The van der Waals surface area contributed by atoms with Crippen LogP contribution in [0, 0.1) is 5.41 Å². The van der Waals surface area contributed by atoms with E-state index in [0.717, 1.165) is 32.2 Å². The van der Waals surface area contributed by atoms with E-state index < -0.39 is 16.9 Å². The lowest BCUT2D eigenvalue weighted by atomic mass is 9.74. The number of hydrogen-bond donors (Lipinski definition) is 3. The number of carbonyl (C=O) groups excluding carboxylic acids is 1. The maximum atomic E-state index is 12.3. The summed E-state index contributed by atoms with van der Waals surface area (Å²) >= 11 is 0. The molecule has 1 atom stereocenters. The molecule has 5 heteroatoms. The highest BCUT2D eigenvalue weighted by atomic mass is 16.4. The maximum absolute atomic E-state index is 12.3. The molecule has 1 amide bonds. The van der Waals surface area contributed by atoms with Crippen LogP contribution in [-0.2, 0) is 9.59 Å². The molecule has 110 valence electrons. The molecule has 0 radical (unpaired) electrons. The number of hydrogen-bond acceptors (Lipinski definition) is 3. The van der Waals surface area contributed by atoms with Gasteiger partial charge in [-0.1, -0.05) is 12.8 Å². The zero-order chi connectivity index (χ0) is 14.7. The van der Waals surface area contributed by atoms with Gasteiger partial charge in [0.1, 0.15) is 0 Å². The minimum Gasteiger partial charge on any atom is -0.481 e. The molecule has 1 heterocycles. The predicted molar refractivity (Wildman–Crippen MR) is 73.9 cm³/mol. The number of carboxylic acid groups (broad SMARTS) is 1. The van der Waals surface area contributed by atoms with Gasteiger partial charge in [-0.25, -0.2) is 0 Å². The van der Waals surface area contributed by atoms with Crippen LogP contribution in [0.2, 0.25) is 0 Å². The standard InChI is InChI=1S/C14H26N2O3/c1-13(2,12(18)19)14(3,4)16-11(17)10-8-6-5-7-9-15-10/h10,15H,5-9H2,1-4H3,(H,16,17)(H,18,19). The molecule has 1 aliphatic heterocycles. The summed E-state index contributed by atoms with van der Waals surface area (Å²) in [5, 5.41) is 15.4. The lowest BCUT2D eigenvalue weighted by Crippen LogP contribution is -2.60. The van der Waals surface area contributed by atoms with Crippen molar-refractivity contribution in [2.45, 2.75) is 65.0 Å². The van der Waals surface area contributed by atoms with Crippen molar-refractivity contribution in [2.75, 3.05) is 6.54 Å². The molecule has 1 rings (SSSR count). The van der Waals surface area contributed by atoms with Crippen molar-refractivity contribution in [3.8, 4) is 0 Å². The molecule has 0 aromatic carbocycles. The molecule has 5 nitrogen and oxygen atoms in total. The van der Waals surface area contributed by atoms with Crippen molar-refractivity contribution in [2.24, 2.45) is 5.41 Å². The quantitative estimate of drug-likeness (QED) is 0.724. The van der Waals surface area contributed by atoms with Crippen LogP contribution >= 0.6 is 0 Å². The lowest BCUT2D eigenvalue weighted by Gasteiger charge is -2.39. The highest BCUT2D eigenvalue weighted by molar-refractivity contribution is 5.84. The van der Waals surface area contributed by atoms with E-state index in [1.807, 2.05) is 0 Å². The van der Waals surface area contributed by atoms with Crippen molar-refractivity contribution in [1.82, 2.24) is 10.6 Å². The van der Waals surface area contributed by atoms with Gasteiger partial charge >= 0.3 is 5.97 Å². The van der Waals surface area contributed by atoms with E-state index >= 15 is 0 Å². The molecule has 0 aromatic rings. The minimum atomic E-state index is -1.02. The number of carbonyl (C=O) groups is 2. The first kappa shape index (κ1) is 16.0. The van der Waals surface area contributed by atoms with E-state index in [1.54, 1.807) is 27.7 Å². The molecule has 3 N–H and O–H groups in total. The summed E-state index contributed by atoms with van der Waals surface area (Å²) in [5.74, 6) is -1.01. The highest BCUT2D eigenvalue weighted by Crippen LogP contribution is 2.30. The van der Waals surface area contributed by atoms with E-state index in [0.29, 0.717) is 0 Å². The van der Waals surface area contributed by atoms with Gasteiger partial charge in [0.25, 0.3) is 0 Å². The average Bonchev–Trinajstić information content (AvgIpc) is 2.56. The van der Waals surface area contributed by atoms with Crippen molar-refractivity contribution >= 4 is 11.9 Å².